The van der Waals surface area contributed by atoms with Crippen LogP contribution < -0.4 is 14.9 Å². The van der Waals surface area contributed by atoms with E-state index in [9.17, 15) is 4.79 Å². The Morgan fingerprint density at radius 2 is 1.84 bits per heavy atom. The number of carbonyl (C=O) groups excluding carboxylic acids is 1. The van der Waals surface area contributed by atoms with Crippen molar-refractivity contribution in [1.29, 1.82) is 0 Å². The van der Waals surface area contributed by atoms with Gasteiger partial charge in [0, 0.05) is 12.4 Å². The molecule has 1 unspecified atom stereocenters. The Balaban J connectivity index is 1.45. The predicted octanol–water partition coefficient (Wildman–Crippen LogP) is 2.52. The molecular weight excluding hydrogens is 318 g/mol. The van der Waals surface area contributed by atoms with E-state index in [0.29, 0.717) is 11.5 Å². The van der Waals surface area contributed by atoms with Crippen molar-refractivity contribution in [1.82, 2.24) is 10.4 Å². The van der Waals surface area contributed by atoms with Crippen LogP contribution in [0.15, 0.2) is 66.0 Å². The van der Waals surface area contributed by atoms with E-state index in [2.05, 4.69) is 15.5 Å². The van der Waals surface area contributed by atoms with Crippen molar-refractivity contribution in [2.75, 3.05) is 6.61 Å². The Kier molecular flexibility index (Phi) is 4.00. The number of ether oxygens (including phenoxy) is 2. The van der Waals surface area contributed by atoms with E-state index >= 15 is 0 Å². The van der Waals surface area contributed by atoms with E-state index < -0.39 is 6.10 Å². The Labute approximate surface area is 144 Å². The SMILES string of the molecule is O=C(NN=Cc1ccncc1)C1COc2cc3ccccc3cc2O1. The lowest BCUT2D eigenvalue weighted by Crippen LogP contribution is -2.42. The molecular formula is C19H15N3O3. The summed E-state index contributed by atoms with van der Waals surface area (Å²) in [5.41, 5.74) is 3.31. The number of amides is 1. The van der Waals surface area contributed by atoms with E-state index in [-0.39, 0.29) is 12.5 Å². The summed E-state index contributed by atoms with van der Waals surface area (Å²) >= 11 is 0. The molecule has 0 saturated carbocycles. The Morgan fingerprint density at radius 3 is 2.60 bits per heavy atom. The van der Waals surface area contributed by atoms with Crippen LogP contribution in [0, 0.1) is 0 Å². The highest BCUT2D eigenvalue weighted by molar-refractivity contribution is 5.87. The molecule has 0 radical (unpaired) electrons. The minimum Gasteiger partial charge on any atom is -0.485 e. The number of nitrogens with one attached hydrogen (secondary N) is 1. The van der Waals surface area contributed by atoms with Crippen LogP contribution in [0.5, 0.6) is 11.5 Å². The van der Waals surface area contributed by atoms with Crippen molar-refractivity contribution >= 4 is 22.9 Å². The van der Waals surface area contributed by atoms with Gasteiger partial charge < -0.3 is 9.47 Å². The molecule has 0 spiro atoms. The van der Waals surface area contributed by atoms with Crippen molar-refractivity contribution < 1.29 is 14.3 Å². The first kappa shape index (κ1) is 15.1. The molecule has 1 aliphatic heterocycles. The molecule has 1 amide bonds. The summed E-state index contributed by atoms with van der Waals surface area (Å²) in [4.78, 5) is 16.1. The number of nitrogens with zero attached hydrogens (tertiary/aromatic N) is 2. The molecule has 1 atom stereocenters. The fourth-order valence-electron chi connectivity index (χ4n) is 2.58. The normalized spacial score (nSPS) is 16.1. The second-order valence-electron chi connectivity index (χ2n) is 5.58. The minimum atomic E-state index is -0.747. The number of rotatable bonds is 3. The van der Waals surface area contributed by atoms with E-state index in [4.69, 9.17) is 9.47 Å². The molecule has 1 aromatic heterocycles. The largest absolute Gasteiger partial charge is 0.485 e. The van der Waals surface area contributed by atoms with Crippen molar-refractivity contribution in [2.24, 2.45) is 5.10 Å². The van der Waals surface area contributed by atoms with E-state index in [1.165, 1.54) is 0 Å². The van der Waals surface area contributed by atoms with Crippen LogP contribution in [-0.2, 0) is 4.79 Å². The Bertz CT molecular complexity index is 941. The number of hydrogen-bond donors (Lipinski definition) is 1. The van der Waals surface area contributed by atoms with E-state index in [1.807, 2.05) is 36.4 Å². The van der Waals surface area contributed by atoms with Gasteiger partial charge in [-0.1, -0.05) is 24.3 Å². The van der Waals surface area contributed by atoms with Crippen LogP contribution in [0.4, 0.5) is 0 Å². The monoisotopic (exact) mass is 333 g/mol. The number of carbonyl (C=O) groups is 1. The number of fused-ring (bicyclic) bond motifs is 2. The highest BCUT2D eigenvalue weighted by atomic mass is 16.6. The molecule has 0 bridgehead atoms. The van der Waals surface area contributed by atoms with Crippen molar-refractivity contribution in [3.8, 4) is 11.5 Å². The molecule has 3 aromatic rings. The molecule has 25 heavy (non-hydrogen) atoms. The van der Waals surface area contributed by atoms with Crippen molar-refractivity contribution in [2.45, 2.75) is 6.10 Å². The molecule has 0 saturated heterocycles. The van der Waals surface area contributed by atoms with Gasteiger partial charge >= 0.3 is 0 Å². The third-order valence-corrected chi connectivity index (χ3v) is 3.86. The van der Waals surface area contributed by atoms with Gasteiger partial charge in [0.05, 0.1) is 6.21 Å². The maximum absolute atomic E-state index is 12.2. The topological polar surface area (TPSA) is 72.8 Å². The van der Waals surface area contributed by atoms with Gasteiger partial charge in [0.15, 0.2) is 11.5 Å². The van der Waals surface area contributed by atoms with Crippen LogP contribution in [0.1, 0.15) is 5.56 Å². The highest BCUT2D eigenvalue weighted by Crippen LogP contribution is 2.35. The van der Waals surface area contributed by atoms with Gasteiger partial charge in [-0.2, -0.15) is 5.10 Å². The summed E-state index contributed by atoms with van der Waals surface area (Å²) in [5, 5.41) is 6.03. The molecule has 124 valence electrons. The molecule has 1 N–H and O–H groups in total. The van der Waals surface area contributed by atoms with Gasteiger partial charge in [0.25, 0.3) is 5.91 Å². The number of hydrogen-bond acceptors (Lipinski definition) is 5. The van der Waals surface area contributed by atoms with Gasteiger partial charge in [0.2, 0.25) is 6.10 Å². The molecule has 6 heteroatoms. The second-order valence-corrected chi connectivity index (χ2v) is 5.58. The number of hydrazone groups is 1. The van der Waals surface area contributed by atoms with Gasteiger partial charge in [-0.3, -0.25) is 9.78 Å². The summed E-state index contributed by atoms with van der Waals surface area (Å²) in [7, 11) is 0. The van der Waals surface area contributed by atoms with Crippen LogP contribution in [0.25, 0.3) is 10.8 Å². The van der Waals surface area contributed by atoms with Gasteiger partial charge in [-0.25, -0.2) is 5.43 Å². The summed E-state index contributed by atoms with van der Waals surface area (Å²) in [6.07, 6.45) is 4.11. The molecule has 4 rings (SSSR count). The average Bonchev–Trinajstić information content (AvgIpc) is 2.66. The standard InChI is InChI=1S/C19H15N3O3/c23-19(22-21-11-13-5-7-20-8-6-13)18-12-24-16-9-14-3-1-2-4-15(14)10-17(16)25-18/h1-11,18H,12H2,(H,22,23). The second kappa shape index (κ2) is 6.60. The van der Waals surface area contributed by atoms with E-state index in [0.717, 1.165) is 16.3 Å². The zero-order chi connectivity index (χ0) is 17.1. The number of pyridine rings is 1. The molecule has 2 heterocycles. The smallest absolute Gasteiger partial charge is 0.284 e. The fraction of sp³-hybridized carbons (Fsp3) is 0.105. The minimum absolute atomic E-state index is 0.141. The first-order valence-corrected chi connectivity index (χ1v) is 7.85. The summed E-state index contributed by atoms with van der Waals surface area (Å²) in [6, 6.07) is 15.3. The number of aromatic nitrogens is 1. The molecule has 6 nitrogen and oxygen atoms in total. The van der Waals surface area contributed by atoms with Crippen molar-refractivity contribution in [3.63, 3.8) is 0 Å². The van der Waals surface area contributed by atoms with E-state index in [1.54, 1.807) is 30.7 Å². The van der Waals surface area contributed by atoms with Crippen LogP contribution in [-0.4, -0.2) is 29.8 Å². The third-order valence-electron chi connectivity index (χ3n) is 3.86. The fourth-order valence-corrected chi connectivity index (χ4v) is 2.58. The average molecular weight is 333 g/mol. The van der Waals surface area contributed by atoms with Gasteiger partial charge in [-0.15, -0.1) is 0 Å². The van der Waals surface area contributed by atoms with Gasteiger partial charge in [-0.05, 0) is 40.6 Å². The molecule has 0 fully saturated rings. The maximum atomic E-state index is 12.2. The quantitative estimate of drug-likeness (QED) is 0.590. The first-order chi connectivity index (χ1) is 12.3. The lowest BCUT2D eigenvalue weighted by Gasteiger charge is -2.25. The lowest BCUT2D eigenvalue weighted by molar-refractivity contribution is -0.130. The van der Waals surface area contributed by atoms with Crippen molar-refractivity contribution in [3.05, 3.63) is 66.5 Å². The summed E-state index contributed by atoms with van der Waals surface area (Å²) in [6.45, 7) is 0.141. The summed E-state index contributed by atoms with van der Waals surface area (Å²) < 4.78 is 11.5. The third kappa shape index (κ3) is 3.28. The zero-order valence-electron chi connectivity index (χ0n) is 13.3. The molecule has 2 aromatic carbocycles. The zero-order valence-corrected chi connectivity index (χ0v) is 13.3. The first-order valence-electron chi connectivity index (χ1n) is 7.85. The van der Waals surface area contributed by atoms with Gasteiger partial charge in [0.1, 0.15) is 6.61 Å². The predicted molar refractivity (Wildman–Crippen MR) is 93.8 cm³/mol. The lowest BCUT2D eigenvalue weighted by atomic mass is 10.1. The Hall–Kier alpha value is -3.41. The van der Waals surface area contributed by atoms with Crippen LogP contribution >= 0.6 is 0 Å². The summed E-state index contributed by atoms with van der Waals surface area (Å²) in [5.74, 6) is 0.843. The highest BCUT2D eigenvalue weighted by Gasteiger charge is 2.27. The van der Waals surface area contributed by atoms with Crippen LogP contribution in [0.2, 0.25) is 0 Å². The molecule has 0 aliphatic carbocycles. The Morgan fingerprint density at radius 1 is 1.12 bits per heavy atom. The number of benzene rings is 2. The van der Waals surface area contributed by atoms with Crippen LogP contribution in [0.3, 0.4) is 0 Å². The maximum Gasteiger partial charge on any atom is 0.284 e. The molecule has 1 aliphatic rings.